The van der Waals surface area contributed by atoms with E-state index < -0.39 is 0 Å². The van der Waals surface area contributed by atoms with Crippen molar-refractivity contribution < 1.29 is 9.84 Å². The largest absolute Gasteiger partial charge is 0.504 e. The van der Waals surface area contributed by atoms with Crippen LogP contribution in [-0.4, -0.2) is 12.2 Å². The Balaban J connectivity index is 2.61. The van der Waals surface area contributed by atoms with Gasteiger partial charge in [-0.15, -0.1) is 0 Å². The van der Waals surface area contributed by atoms with Crippen molar-refractivity contribution >= 4 is 0 Å². The zero-order valence-electron chi connectivity index (χ0n) is 10.3. The van der Waals surface area contributed by atoms with Gasteiger partial charge in [0.2, 0.25) is 0 Å². The molecule has 17 heavy (non-hydrogen) atoms. The quantitative estimate of drug-likeness (QED) is 0.849. The average molecular weight is 228 g/mol. The molecule has 2 heteroatoms. The number of hydrogen-bond acceptors (Lipinski definition) is 2. The van der Waals surface area contributed by atoms with E-state index in [1.165, 1.54) is 16.7 Å². The highest BCUT2D eigenvalue weighted by molar-refractivity contribution is 5.73. The highest BCUT2D eigenvalue weighted by Gasteiger charge is 2.08. The first-order valence-corrected chi connectivity index (χ1v) is 5.57. The van der Waals surface area contributed by atoms with E-state index in [0.29, 0.717) is 5.75 Å². The first kappa shape index (κ1) is 11.5. The molecule has 88 valence electrons. The first-order chi connectivity index (χ1) is 8.13. The minimum Gasteiger partial charge on any atom is -0.504 e. The number of hydrogen-bond donors (Lipinski definition) is 1. The summed E-state index contributed by atoms with van der Waals surface area (Å²) < 4.78 is 5.14. The first-order valence-electron chi connectivity index (χ1n) is 5.57. The van der Waals surface area contributed by atoms with Gasteiger partial charge < -0.3 is 9.84 Å². The summed E-state index contributed by atoms with van der Waals surface area (Å²) in [7, 11) is 1.56. The van der Waals surface area contributed by atoms with Crippen LogP contribution in [0.3, 0.4) is 0 Å². The molecule has 0 heterocycles. The molecule has 0 atom stereocenters. The van der Waals surface area contributed by atoms with Crippen LogP contribution in [0.15, 0.2) is 36.4 Å². The summed E-state index contributed by atoms with van der Waals surface area (Å²) in [5.74, 6) is 0.674. The summed E-state index contributed by atoms with van der Waals surface area (Å²) in [6.07, 6.45) is 0. The standard InChI is InChI=1S/C15H16O2/c1-10-5-4-6-11(2)15(10)12-7-8-13(16)14(9-12)17-3/h4-9,16H,1-3H3. The van der Waals surface area contributed by atoms with Crippen LogP contribution in [0.4, 0.5) is 0 Å². The third-order valence-corrected chi connectivity index (χ3v) is 2.95. The van der Waals surface area contributed by atoms with Crippen molar-refractivity contribution in [1.29, 1.82) is 0 Å². The van der Waals surface area contributed by atoms with Gasteiger partial charge in [-0.25, -0.2) is 0 Å². The third kappa shape index (κ3) is 2.11. The minimum atomic E-state index is 0.169. The summed E-state index contributed by atoms with van der Waals surface area (Å²) in [4.78, 5) is 0. The lowest BCUT2D eigenvalue weighted by Crippen LogP contribution is -1.89. The Morgan fingerprint density at radius 3 is 2.24 bits per heavy atom. The Morgan fingerprint density at radius 1 is 1.00 bits per heavy atom. The molecule has 2 nitrogen and oxygen atoms in total. The SMILES string of the molecule is COc1cc(-c2c(C)cccc2C)ccc1O. The Labute approximate surface area is 101 Å². The maximum absolute atomic E-state index is 9.60. The monoisotopic (exact) mass is 228 g/mol. The van der Waals surface area contributed by atoms with Crippen molar-refractivity contribution in [2.75, 3.05) is 7.11 Å². The molecular weight excluding hydrogens is 212 g/mol. The van der Waals surface area contributed by atoms with Gasteiger partial charge in [0.1, 0.15) is 0 Å². The van der Waals surface area contributed by atoms with E-state index >= 15 is 0 Å². The van der Waals surface area contributed by atoms with Crippen molar-refractivity contribution in [2.24, 2.45) is 0 Å². The second-order valence-corrected chi connectivity index (χ2v) is 4.15. The predicted molar refractivity (Wildman–Crippen MR) is 69.6 cm³/mol. The lowest BCUT2D eigenvalue weighted by molar-refractivity contribution is 0.373. The van der Waals surface area contributed by atoms with Gasteiger partial charge >= 0.3 is 0 Å². The molecule has 0 unspecified atom stereocenters. The molecule has 0 fully saturated rings. The van der Waals surface area contributed by atoms with Gasteiger partial charge in [-0.3, -0.25) is 0 Å². The molecule has 2 rings (SSSR count). The Bertz CT molecular complexity index is 524. The second-order valence-electron chi connectivity index (χ2n) is 4.15. The van der Waals surface area contributed by atoms with Crippen molar-refractivity contribution in [3.63, 3.8) is 0 Å². The summed E-state index contributed by atoms with van der Waals surface area (Å²) in [6, 6.07) is 11.7. The van der Waals surface area contributed by atoms with Crippen molar-refractivity contribution in [3.05, 3.63) is 47.5 Å². The molecule has 0 spiro atoms. The third-order valence-electron chi connectivity index (χ3n) is 2.95. The van der Waals surface area contributed by atoms with E-state index in [0.717, 1.165) is 5.56 Å². The van der Waals surface area contributed by atoms with Crippen LogP contribution in [0.1, 0.15) is 11.1 Å². The molecule has 0 radical (unpaired) electrons. The topological polar surface area (TPSA) is 29.5 Å². The normalized spacial score (nSPS) is 10.3. The highest BCUT2D eigenvalue weighted by atomic mass is 16.5. The Hall–Kier alpha value is -1.96. The van der Waals surface area contributed by atoms with Crippen LogP contribution in [0.25, 0.3) is 11.1 Å². The molecule has 0 aliphatic carbocycles. The molecule has 2 aromatic carbocycles. The Kier molecular flexibility index (Phi) is 3.05. The van der Waals surface area contributed by atoms with Gasteiger partial charge in [0.05, 0.1) is 7.11 Å². The van der Waals surface area contributed by atoms with E-state index in [2.05, 4.69) is 26.0 Å². The fraction of sp³-hybridized carbons (Fsp3) is 0.200. The van der Waals surface area contributed by atoms with E-state index in [9.17, 15) is 5.11 Å². The second kappa shape index (κ2) is 4.50. The number of phenols is 1. The number of rotatable bonds is 2. The molecule has 2 aromatic rings. The lowest BCUT2D eigenvalue weighted by Gasteiger charge is -2.11. The van der Waals surface area contributed by atoms with Crippen LogP contribution in [0, 0.1) is 13.8 Å². The van der Waals surface area contributed by atoms with Gasteiger partial charge in [0, 0.05) is 0 Å². The van der Waals surface area contributed by atoms with Gasteiger partial charge in [0.15, 0.2) is 11.5 Å². The van der Waals surface area contributed by atoms with E-state index in [-0.39, 0.29) is 5.75 Å². The summed E-state index contributed by atoms with van der Waals surface area (Å²) >= 11 is 0. The molecule has 0 aliphatic rings. The van der Waals surface area contributed by atoms with Crippen molar-refractivity contribution in [1.82, 2.24) is 0 Å². The van der Waals surface area contributed by atoms with Gasteiger partial charge in [-0.2, -0.15) is 0 Å². The minimum absolute atomic E-state index is 0.169. The van der Waals surface area contributed by atoms with Crippen LogP contribution in [-0.2, 0) is 0 Å². The number of ether oxygens (including phenoxy) is 1. The molecular formula is C15H16O2. The van der Waals surface area contributed by atoms with Crippen LogP contribution in [0.5, 0.6) is 11.5 Å². The molecule has 0 amide bonds. The number of phenolic OH excluding ortho intramolecular Hbond substituents is 1. The average Bonchev–Trinajstić information content (AvgIpc) is 2.31. The Morgan fingerprint density at radius 2 is 1.65 bits per heavy atom. The number of methoxy groups -OCH3 is 1. The van der Waals surface area contributed by atoms with Gasteiger partial charge in [-0.1, -0.05) is 24.3 Å². The lowest BCUT2D eigenvalue weighted by atomic mass is 9.95. The molecule has 0 saturated heterocycles. The molecule has 1 N–H and O–H groups in total. The summed E-state index contributed by atoms with van der Waals surface area (Å²) in [5, 5.41) is 9.60. The zero-order valence-corrected chi connectivity index (χ0v) is 10.3. The molecule has 0 aromatic heterocycles. The molecule has 0 bridgehead atoms. The number of aryl methyl sites for hydroxylation is 2. The van der Waals surface area contributed by atoms with E-state index in [1.54, 1.807) is 13.2 Å². The fourth-order valence-corrected chi connectivity index (χ4v) is 2.10. The zero-order chi connectivity index (χ0) is 12.4. The van der Waals surface area contributed by atoms with E-state index in [1.807, 2.05) is 18.2 Å². The fourth-order valence-electron chi connectivity index (χ4n) is 2.10. The van der Waals surface area contributed by atoms with Crippen LogP contribution in [0.2, 0.25) is 0 Å². The molecule has 0 saturated carbocycles. The van der Waals surface area contributed by atoms with Crippen LogP contribution < -0.4 is 4.74 Å². The van der Waals surface area contributed by atoms with Gasteiger partial charge in [0.25, 0.3) is 0 Å². The smallest absolute Gasteiger partial charge is 0.161 e. The van der Waals surface area contributed by atoms with Crippen molar-refractivity contribution in [2.45, 2.75) is 13.8 Å². The van der Waals surface area contributed by atoms with Gasteiger partial charge in [-0.05, 0) is 48.2 Å². The summed E-state index contributed by atoms with van der Waals surface area (Å²) in [5.41, 5.74) is 4.71. The maximum atomic E-state index is 9.60. The predicted octanol–water partition coefficient (Wildman–Crippen LogP) is 3.68. The van der Waals surface area contributed by atoms with E-state index in [4.69, 9.17) is 4.74 Å². The molecule has 0 aliphatic heterocycles. The summed E-state index contributed by atoms with van der Waals surface area (Å²) in [6.45, 7) is 4.17. The highest BCUT2D eigenvalue weighted by Crippen LogP contribution is 2.34. The number of aromatic hydroxyl groups is 1. The van der Waals surface area contributed by atoms with Crippen LogP contribution >= 0.6 is 0 Å². The van der Waals surface area contributed by atoms with Crippen molar-refractivity contribution in [3.8, 4) is 22.6 Å². The number of benzene rings is 2. The maximum Gasteiger partial charge on any atom is 0.161 e.